The maximum atomic E-state index is 10.8. The number of hydrogen-bond acceptors (Lipinski definition) is 5. The maximum Gasteiger partial charge on any atom is 0.311 e. The van der Waals surface area contributed by atoms with Crippen LogP contribution in [0, 0.1) is 0 Å². The second kappa shape index (κ2) is 3.23. The lowest BCUT2D eigenvalue weighted by Gasteiger charge is -2.08. The summed E-state index contributed by atoms with van der Waals surface area (Å²) < 4.78 is 4.45. The number of hydrogen-bond donors (Lipinski definition) is 1. The number of rotatable bonds is 0. The van der Waals surface area contributed by atoms with Crippen LogP contribution < -0.4 is 0 Å². The molecule has 0 radical (unpaired) electrons. The maximum absolute atomic E-state index is 10.8. The highest BCUT2D eigenvalue weighted by molar-refractivity contribution is 8.73. The number of carbonyl (C=O) groups excluding carboxylic acids is 2. The van der Waals surface area contributed by atoms with Gasteiger partial charge in [-0.05, 0) is 11.8 Å². The highest BCUT2D eigenvalue weighted by atomic mass is 32.9. The molecule has 1 aliphatic heterocycles. The minimum Gasteiger partial charge on any atom is -0.404 e. The smallest absolute Gasteiger partial charge is 0.311 e. The lowest BCUT2D eigenvalue weighted by molar-refractivity contribution is -0.134. The first-order valence-electron chi connectivity index (χ1n) is 2.77. The lowest BCUT2D eigenvalue weighted by atomic mass is 10.3. The van der Waals surface area contributed by atoms with Crippen LogP contribution in [0.4, 0.5) is 0 Å². The lowest BCUT2D eigenvalue weighted by Crippen LogP contribution is -1.97. The molecule has 4 nitrogen and oxygen atoms in total. The van der Waals surface area contributed by atoms with Crippen LogP contribution >= 0.6 is 17.1 Å². The molecule has 7 heteroatoms. The van der Waals surface area contributed by atoms with Gasteiger partial charge in [0, 0.05) is 17.8 Å². The molecule has 0 aromatic heterocycles. The molecule has 1 atom stereocenters. The van der Waals surface area contributed by atoms with Gasteiger partial charge in [-0.2, -0.15) is 0 Å². The SMILES string of the molecule is O=C1CCC(=O)SP(O)(=S)O1. The van der Waals surface area contributed by atoms with Crippen LogP contribution in [0.25, 0.3) is 0 Å². The van der Waals surface area contributed by atoms with Crippen molar-refractivity contribution in [3.05, 3.63) is 0 Å². The van der Waals surface area contributed by atoms with E-state index in [4.69, 9.17) is 4.89 Å². The molecule has 0 aliphatic carbocycles. The van der Waals surface area contributed by atoms with Gasteiger partial charge >= 0.3 is 11.7 Å². The first kappa shape index (κ1) is 9.19. The van der Waals surface area contributed by atoms with Crippen LogP contribution in [-0.2, 0) is 25.9 Å². The summed E-state index contributed by atoms with van der Waals surface area (Å²) in [5.41, 5.74) is -3.19. The van der Waals surface area contributed by atoms with Gasteiger partial charge in [-0.1, -0.05) is 0 Å². The monoisotopic (exact) mass is 212 g/mol. The minimum atomic E-state index is -3.19. The Hall–Kier alpha value is 0.1000. The van der Waals surface area contributed by atoms with E-state index in [2.05, 4.69) is 16.3 Å². The average molecular weight is 212 g/mol. The van der Waals surface area contributed by atoms with E-state index in [0.29, 0.717) is 11.4 Å². The molecule has 0 bridgehead atoms. The fourth-order valence-corrected chi connectivity index (χ4v) is 3.81. The second-order valence-corrected chi connectivity index (χ2v) is 7.86. The van der Waals surface area contributed by atoms with Crippen LogP contribution in [0.5, 0.6) is 0 Å². The van der Waals surface area contributed by atoms with E-state index in [1.54, 1.807) is 0 Å². The summed E-state index contributed by atoms with van der Waals surface area (Å²) in [7, 11) is 0. The topological polar surface area (TPSA) is 63.6 Å². The molecule has 1 heterocycles. The van der Waals surface area contributed by atoms with Gasteiger partial charge in [0.25, 0.3) is 0 Å². The summed E-state index contributed by atoms with van der Waals surface area (Å²) in [6.45, 7) is 0. The van der Waals surface area contributed by atoms with Gasteiger partial charge in [-0.25, -0.2) is 0 Å². The largest absolute Gasteiger partial charge is 0.404 e. The van der Waals surface area contributed by atoms with E-state index in [-0.39, 0.29) is 18.0 Å². The first-order chi connectivity index (χ1) is 4.99. The summed E-state index contributed by atoms with van der Waals surface area (Å²) in [5, 5.41) is -0.276. The first-order valence-corrected chi connectivity index (χ1v) is 6.87. The van der Waals surface area contributed by atoms with Crippen molar-refractivity contribution in [2.24, 2.45) is 0 Å². The van der Waals surface area contributed by atoms with Crippen molar-refractivity contribution in [3.63, 3.8) is 0 Å². The summed E-state index contributed by atoms with van der Waals surface area (Å²) in [5.74, 6) is -0.589. The fraction of sp³-hybridized carbons (Fsp3) is 0.500. The summed E-state index contributed by atoms with van der Waals surface area (Å²) in [6, 6.07) is 0. The second-order valence-electron chi connectivity index (χ2n) is 1.90. The molecule has 1 saturated heterocycles. The Labute approximate surface area is 72.2 Å². The molecule has 0 saturated carbocycles. The van der Waals surface area contributed by atoms with Crippen molar-refractivity contribution in [2.75, 3.05) is 0 Å². The third-order valence-electron chi connectivity index (χ3n) is 0.968. The van der Waals surface area contributed by atoms with E-state index >= 15 is 0 Å². The normalized spacial score (nSPS) is 32.8. The van der Waals surface area contributed by atoms with Crippen molar-refractivity contribution in [3.8, 4) is 0 Å². The van der Waals surface area contributed by atoms with E-state index < -0.39 is 11.7 Å². The van der Waals surface area contributed by atoms with Gasteiger partial charge < -0.3 is 9.42 Å². The number of carbonyl (C=O) groups is 2. The third-order valence-corrected chi connectivity index (χ3v) is 4.46. The predicted molar refractivity (Wildman–Crippen MR) is 44.4 cm³/mol. The van der Waals surface area contributed by atoms with Gasteiger partial charge in [0.1, 0.15) is 0 Å². The Balaban J connectivity index is 2.79. The Bertz CT molecular complexity index is 228. The molecule has 1 unspecified atom stereocenters. The van der Waals surface area contributed by atoms with Crippen molar-refractivity contribution >= 4 is 40.0 Å². The molecule has 62 valence electrons. The molecule has 1 aliphatic rings. The van der Waals surface area contributed by atoms with E-state index in [9.17, 15) is 9.59 Å². The van der Waals surface area contributed by atoms with Crippen LogP contribution in [0.1, 0.15) is 12.8 Å². The van der Waals surface area contributed by atoms with Crippen molar-refractivity contribution in [1.29, 1.82) is 0 Å². The Kier molecular flexibility index (Phi) is 2.70. The van der Waals surface area contributed by atoms with Gasteiger partial charge in [-0.15, -0.1) is 0 Å². The standard InChI is InChI=1S/C4H5O4PS2/c5-3-1-2-4(6)11-9(7,10)8-3/h1-2H2,(H,7,10). The van der Waals surface area contributed by atoms with E-state index in [1.165, 1.54) is 0 Å². The molecule has 1 fully saturated rings. The summed E-state index contributed by atoms with van der Waals surface area (Å²) >= 11 is 5.07. The quantitative estimate of drug-likeness (QED) is 0.599. The van der Waals surface area contributed by atoms with Crippen LogP contribution in [-0.4, -0.2) is 16.0 Å². The van der Waals surface area contributed by atoms with Gasteiger partial charge in [-0.3, -0.25) is 9.59 Å². The van der Waals surface area contributed by atoms with Gasteiger partial charge in [0.15, 0.2) is 5.12 Å². The Morgan fingerprint density at radius 2 is 2.18 bits per heavy atom. The van der Waals surface area contributed by atoms with Gasteiger partial charge in [0.2, 0.25) is 0 Å². The predicted octanol–water partition coefficient (Wildman–Crippen LogP) is 0.800. The molecule has 1 rings (SSSR count). The van der Waals surface area contributed by atoms with Crippen LogP contribution in [0.2, 0.25) is 0 Å². The minimum absolute atomic E-state index is 0.0186. The van der Waals surface area contributed by atoms with Crippen molar-refractivity contribution in [2.45, 2.75) is 12.8 Å². The van der Waals surface area contributed by atoms with E-state index in [1.807, 2.05) is 0 Å². The highest BCUT2D eigenvalue weighted by Gasteiger charge is 2.28. The molecule has 0 aromatic carbocycles. The van der Waals surface area contributed by atoms with Crippen molar-refractivity contribution in [1.82, 2.24) is 0 Å². The van der Waals surface area contributed by atoms with Gasteiger partial charge in [0.05, 0.1) is 6.42 Å². The molecule has 0 amide bonds. The summed E-state index contributed by atoms with van der Waals surface area (Å²) in [4.78, 5) is 30.6. The average Bonchev–Trinajstić information content (AvgIpc) is 1.89. The molecular formula is C4H5O4PS2. The zero-order valence-electron chi connectivity index (χ0n) is 5.35. The zero-order valence-corrected chi connectivity index (χ0v) is 7.88. The molecule has 0 spiro atoms. The summed E-state index contributed by atoms with van der Waals surface area (Å²) in [6.07, 6.45) is 0.118. The fourth-order valence-electron chi connectivity index (χ4n) is 0.571. The molecular weight excluding hydrogens is 207 g/mol. The molecule has 1 N–H and O–H groups in total. The Morgan fingerprint density at radius 3 is 2.82 bits per heavy atom. The zero-order chi connectivity index (χ0) is 8.48. The molecule has 0 aromatic rings. The van der Waals surface area contributed by atoms with Crippen molar-refractivity contribution < 1.29 is 19.0 Å². The van der Waals surface area contributed by atoms with E-state index in [0.717, 1.165) is 0 Å². The van der Waals surface area contributed by atoms with Crippen LogP contribution in [0.15, 0.2) is 0 Å². The molecule has 11 heavy (non-hydrogen) atoms. The third kappa shape index (κ3) is 2.91. The van der Waals surface area contributed by atoms with Crippen LogP contribution in [0.3, 0.4) is 0 Å². The highest BCUT2D eigenvalue weighted by Crippen LogP contribution is 2.58. The Morgan fingerprint density at radius 1 is 1.55 bits per heavy atom.